The van der Waals surface area contributed by atoms with Crippen LogP contribution in [-0.4, -0.2) is 65.1 Å². The van der Waals surface area contributed by atoms with Gasteiger partial charge in [-0.2, -0.15) is 0 Å². The van der Waals surface area contributed by atoms with Crippen LogP contribution >= 0.6 is 0 Å². The number of para-hydroxylation sites is 1. The van der Waals surface area contributed by atoms with Crippen LogP contribution < -0.4 is 4.90 Å². The van der Waals surface area contributed by atoms with Crippen LogP contribution in [0.2, 0.25) is 0 Å². The molecule has 2 aromatic rings. The fourth-order valence-corrected chi connectivity index (χ4v) is 3.64. The molecule has 4 rings (SSSR count). The van der Waals surface area contributed by atoms with Gasteiger partial charge in [0.2, 0.25) is 0 Å². The van der Waals surface area contributed by atoms with Gasteiger partial charge in [-0.25, -0.2) is 14.8 Å². The van der Waals surface area contributed by atoms with Crippen molar-refractivity contribution in [3.8, 4) is 0 Å². The number of anilines is 1. The molecule has 0 bridgehead atoms. The van der Waals surface area contributed by atoms with Crippen molar-refractivity contribution >= 4 is 22.8 Å². The molecule has 23 heavy (non-hydrogen) atoms. The Morgan fingerprint density at radius 2 is 1.83 bits per heavy atom. The highest BCUT2D eigenvalue weighted by Gasteiger charge is 2.33. The molecular formula is C17H21N5O. The Bertz CT molecular complexity index is 721. The monoisotopic (exact) mass is 311 g/mol. The van der Waals surface area contributed by atoms with E-state index in [0.29, 0.717) is 6.04 Å². The highest BCUT2D eigenvalue weighted by molar-refractivity contribution is 5.89. The number of hydrogen-bond acceptors (Lipinski definition) is 4. The molecular weight excluding hydrogens is 290 g/mol. The third kappa shape index (κ3) is 2.48. The second kappa shape index (κ2) is 5.68. The van der Waals surface area contributed by atoms with E-state index in [-0.39, 0.29) is 6.03 Å². The van der Waals surface area contributed by atoms with Gasteiger partial charge in [-0.3, -0.25) is 0 Å². The summed E-state index contributed by atoms with van der Waals surface area (Å²) in [5.41, 5.74) is 0.982. The minimum atomic E-state index is 0.177. The molecule has 0 aliphatic carbocycles. The maximum atomic E-state index is 12.1. The molecule has 2 saturated heterocycles. The van der Waals surface area contributed by atoms with Crippen molar-refractivity contribution in [1.29, 1.82) is 0 Å². The average Bonchev–Trinajstić information content (AvgIpc) is 2.94. The van der Waals surface area contributed by atoms with E-state index in [2.05, 4.69) is 20.9 Å². The highest BCUT2D eigenvalue weighted by atomic mass is 16.2. The van der Waals surface area contributed by atoms with Crippen molar-refractivity contribution in [2.45, 2.75) is 18.9 Å². The smallest absolute Gasteiger partial charge is 0.320 e. The molecule has 0 saturated carbocycles. The normalized spacial score (nSPS) is 19.9. The summed E-state index contributed by atoms with van der Waals surface area (Å²) < 4.78 is 0. The number of piperidine rings is 1. The van der Waals surface area contributed by atoms with Crippen molar-refractivity contribution in [3.63, 3.8) is 0 Å². The topological polar surface area (TPSA) is 52.6 Å². The summed E-state index contributed by atoms with van der Waals surface area (Å²) in [6, 6.07) is 8.66. The SMILES string of the molecule is CN1CCN(C2CCN(c3ncnc4ccccc34)CC2)C1=O. The number of urea groups is 1. The predicted molar refractivity (Wildman–Crippen MR) is 89.5 cm³/mol. The van der Waals surface area contributed by atoms with Crippen molar-refractivity contribution in [2.24, 2.45) is 0 Å². The summed E-state index contributed by atoms with van der Waals surface area (Å²) in [7, 11) is 1.88. The first-order valence-corrected chi connectivity index (χ1v) is 8.20. The number of likely N-dealkylation sites (N-methyl/N-ethyl adjacent to an activating group) is 1. The van der Waals surface area contributed by atoms with Gasteiger partial charge >= 0.3 is 6.03 Å². The zero-order valence-corrected chi connectivity index (χ0v) is 13.4. The third-order valence-corrected chi connectivity index (χ3v) is 4.98. The fourth-order valence-electron chi connectivity index (χ4n) is 3.64. The first-order chi connectivity index (χ1) is 11.2. The number of benzene rings is 1. The summed E-state index contributed by atoms with van der Waals surface area (Å²) in [4.78, 5) is 27.2. The van der Waals surface area contributed by atoms with Gasteiger partial charge in [0.25, 0.3) is 0 Å². The number of carbonyl (C=O) groups is 1. The Kier molecular flexibility index (Phi) is 3.52. The van der Waals surface area contributed by atoms with Gasteiger partial charge in [-0.05, 0) is 25.0 Å². The lowest BCUT2D eigenvalue weighted by Crippen LogP contribution is -2.46. The van der Waals surface area contributed by atoms with E-state index in [0.717, 1.165) is 55.7 Å². The van der Waals surface area contributed by atoms with Crippen LogP contribution in [0.3, 0.4) is 0 Å². The largest absolute Gasteiger partial charge is 0.356 e. The molecule has 2 fully saturated rings. The van der Waals surface area contributed by atoms with E-state index in [9.17, 15) is 4.79 Å². The third-order valence-electron chi connectivity index (χ3n) is 4.98. The minimum Gasteiger partial charge on any atom is -0.356 e. The molecule has 0 atom stereocenters. The molecule has 0 radical (unpaired) electrons. The van der Waals surface area contributed by atoms with Crippen molar-refractivity contribution in [3.05, 3.63) is 30.6 Å². The van der Waals surface area contributed by atoms with Crippen LogP contribution in [0, 0.1) is 0 Å². The summed E-state index contributed by atoms with van der Waals surface area (Å²) in [5, 5.41) is 1.10. The van der Waals surface area contributed by atoms with Gasteiger partial charge < -0.3 is 14.7 Å². The van der Waals surface area contributed by atoms with Gasteiger partial charge in [0.1, 0.15) is 12.1 Å². The number of carbonyl (C=O) groups excluding carboxylic acids is 1. The molecule has 0 spiro atoms. The lowest BCUT2D eigenvalue weighted by atomic mass is 10.0. The van der Waals surface area contributed by atoms with Crippen molar-refractivity contribution in [2.75, 3.05) is 38.1 Å². The van der Waals surface area contributed by atoms with E-state index < -0.39 is 0 Å². The lowest BCUT2D eigenvalue weighted by molar-refractivity contribution is 0.173. The Hall–Kier alpha value is -2.37. The number of fused-ring (bicyclic) bond motifs is 1. The molecule has 3 heterocycles. The molecule has 120 valence electrons. The second-order valence-corrected chi connectivity index (χ2v) is 6.33. The van der Waals surface area contributed by atoms with Gasteiger partial charge in [-0.1, -0.05) is 12.1 Å². The number of aromatic nitrogens is 2. The maximum Gasteiger partial charge on any atom is 0.320 e. The van der Waals surface area contributed by atoms with Gasteiger partial charge in [0.15, 0.2) is 0 Å². The summed E-state index contributed by atoms with van der Waals surface area (Å²) >= 11 is 0. The van der Waals surface area contributed by atoms with Gasteiger partial charge in [-0.15, -0.1) is 0 Å². The maximum absolute atomic E-state index is 12.1. The van der Waals surface area contributed by atoms with Gasteiger partial charge in [0.05, 0.1) is 5.52 Å². The van der Waals surface area contributed by atoms with Crippen molar-refractivity contribution in [1.82, 2.24) is 19.8 Å². The average molecular weight is 311 g/mol. The summed E-state index contributed by atoms with van der Waals surface area (Å²) in [6.45, 7) is 3.56. The standard InChI is InChI=1S/C17H21N5O/c1-20-10-11-22(17(20)23)13-6-8-21(9-7-13)16-14-4-2-3-5-15(14)18-12-19-16/h2-5,12-13H,6-11H2,1H3. The van der Waals surface area contributed by atoms with Crippen LogP contribution in [0.1, 0.15) is 12.8 Å². The molecule has 0 unspecified atom stereocenters. The Labute approximate surface area is 135 Å². The van der Waals surface area contributed by atoms with Crippen LogP contribution in [-0.2, 0) is 0 Å². The zero-order chi connectivity index (χ0) is 15.8. The van der Waals surface area contributed by atoms with E-state index in [1.807, 2.05) is 35.0 Å². The summed E-state index contributed by atoms with van der Waals surface area (Å²) in [5.74, 6) is 1.01. The second-order valence-electron chi connectivity index (χ2n) is 6.33. The molecule has 1 aromatic heterocycles. The van der Waals surface area contributed by atoms with Crippen LogP contribution in [0.4, 0.5) is 10.6 Å². The molecule has 6 heteroatoms. The molecule has 2 aliphatic heterocycles. The van der Waals surface area contributed by atoms with E-state index in [4.69, 9.17) is 0 Å². The van der Waals surface area contributed by atoms with Crippen LogP contribution in [0.15, 0.2) is 30.6 Å². The minimum absolute atomic E-state index is 0.177. The lowest BCUT2D eigenvalue weighted by Gasteiger charge is -2.37. The van der Waals surface area contributed by atoms with E-state index in [1.165, 1.54) is 0 Å². The molecule has 0 N–H and O–H groups in total. The zero-order valence-electron chi connectivity index (χ0n) is 13.4. The number of amides is 2. The highest BCUT2D eigenvalue weighted by Crippen LogP contribution is 2.27. The van der Waals surface area contributed by atoms with E-state index >= 15 is 0 Å². The van der Waals surface area contributed by atoms with Gasteiger partial charge in [0, 0.05) is 44.7 Å². The molecule has 1 aromatic carbocycles. The Balaban J connectivity index is 1.50. The first kappa shape index (κ1) is 14.2. The molecule has 6 nitrogen and oxygen atoms in total. The Morgan fingerprint density at radius 3 is 2.57 bits per heavy atom. The van der Waals surface area contributed by atoms with Crippen molar-refractivity contribution < 1.29 is 4.79 Å². The number of nitrogens with zero attached hydrogens (tertiary/aromatic N) is 5. The quantitative estimate of drug-likeness (QED) is 0.851. The van der Waals surface area contributed by atoms with Crippen LogP contribution in [0.5, 0.6) is 0 Å². The Morgan fingerprint density at radius 1 is 1.04 bits per heavy atom. The van der Waals surface area contributed by atoms with E-state index in [1.54, 1.807) is 6.33 Å². The number of rotatable bonds is 2. The summed E-state index contributed by atoms with van der Waals surface area (Å²) in [6.07, 6.45) is 3.64. The predicted octanol–water partition coefficient (Wildman–Crippen LogP) is 1.97. The molecule has 2 amide bonds. The first-order valence-electron chi connectivity index (χ1n) is 8.20. The molecule has 2 aliphatic rings. The fraction of sp³-hybridized carbons (Fsp3) is 0.471. The van der Waals surface area contributed by atoms with Crippen LogP contribution in [0.25, 0.3) is 10.9 Å². The number of hydrogen-bond donors (Lipinski definition) is 0.